The molecule has 2 N–H and O–H groups in total. The van der Waals surface area contributed by atoms with Crippen LogP contribution in [0, 0.1) is 6.92 Å². The Morgan fingerprint density at radius 2 is 1.63 bits per heavy atom. The second-order valence-corrected chi connectivity index (χ2v) is 5.83. The maximum absolute atomic E-state index is 13.2. The van der Waals surface area contributed by atoms with Crippen molar-refractivity contribution in [3.63, 3.8) is 0 Å². The predicted octanol–water partition coefficient (Wildman–Crippen LogP) is 4.91. The molecule has 3 aromatic rings. The molecule has 0 amide bonds. The standard InChI is InChI=1S/C19H14F3N3O2/c1-11-2-4-12(5-3-11)15-10-16(19(20,21)22)25-18(24-15)23-14-8-6-13(7-9-14)17(26)27/h2-10H,1H3,(H,26,27)(H,23,24,25). The molecule has 0 atom stereocenters. The lowest BCUT2D eigenvalue weighted by molar-refractivity contribution is -0.141. The van der Waals surface area contributed by atoms with Crippen LogP contribution in [0.5, 0.6) is 0 Å². The first-order chi connectivity index (χ1) is 12.7. The van der Waals surface area contributed by atoms with Crippen molar-refractivity contribution in [2.24, 2.45) is 0 Å². The number of nitrogens with one attached hydrogen (secondary N) is 1. The molecule has 0 saturated heterocycles. The first-order valence-corrected chi connectivity index (χ1v) is 7.86. The molecular formula is C19H14F3N3O2. The number of aromatic nitrogens is 2. The van der Waals surface area contributed by atoms with Crippen molar-refractivity contribution in [1.82, 2.24) is 9.97 Å². The summed E-state index contributed by atoms with van der Waals surface area (Å²) in [7, 11) is 0. The first kappa shape index (κ1) is 18.4. The number of aromatic carboxylic acids is 1. The third kappa shape index (κ3) is 4.41. The number of halogens is 3. The Labute approximate surface area is 152 Å². The molecular weight excluding hydrogens is 359 g/mol. The zero-order valence-corrected chi connectivity index (χ0v) is 14.1. The van der Waals surface area contributed by atoms with Gasteiger partial charge in [-0.05, 0) is 37.3 Å². The number of carbonyl (C=O) groups is 1. The number of nitrogens with zero attached hydrogens (tertiary/aromatic N) is 2. The molecule has 0 aliphatic heterocycles. The smallest absolute Gasteiger partial charge is 0.433 e. The van der Waals surface area contributed by atoms with Crippen molar-refractivity contribution >= 4 is 17.6 Å². The van der Waals surface area contributed by atoms with E-state index >= 15 is 0 Å². The van der Waals surface area contributed by atoms with Gasteiger partial charge < -0.3 is 10.4 Å². The summed E-state index contributed by atoms with van der Waals surface area (Å²) in [4.78, 5) is 18.6. The molecule has 1 aromatic heterocycles. The van der Waals surface area contributed by atoms with Crippen LogP contribution < -0.4 is 5.32 Å². The highest BCUT2D eigenvalue weighted by molar-refractivity contribution is 5.88. The highest BCUT2D eigenvalue weighted by Crippen LogP contribution is 2.31. The van der Waals surface area contributed by atoms with Crippen molar-refractivity contribution in [2.75, 3.05) is 5.32 Å². The lowest BCUT2D eigenvalue weighted by atomic mass is 10.1. The summed E-state index contributed by atoms with van der Waals surface area (Å²) in [6.45, 7) is 1.87. The maximum Gasteiger partial charge on any atom is 0.433 e. The number of hydrogen-bond donors (Lipinski definition) is 2. The number of benzene rings is 2. The van der Waals surface area contributed by atoms with E-state index in [1.807, 2.05) is 6.92 Å². The van der Waals surface area contributed by atoms with E-state index in [0.29, 0.717) is 11.3 Å². The summed E-state index contributed by atoms with van der Waals surface area (Å²) >= 11 is 0. The molecule has 0 aliphatic carbocycles. The Bertz CT molecular complexity index is 969. The third-order valence-electron chi connectivity index (χ3n) is 3.75. The Balaban J connectivity index is 1.99. The van der Waals surface area contributed by atoms with Gasteiger partial charge in [0, 0.05) is 11.3 Å². The number of rotatable bonds is 4. The van der Waals surface area contributed by atoms with E-state index in [2.05, 4.69) is 15.3 Å². The highest BCUT2D eigenvalue weighted by atomic mass is 19.4. The van der Waals surface area contributed by atoms with Crippen molar-refractivity contribution in [3.8, 4) is 11.3 Å². The number of carboxylic acid groups (broad SMARTS) is 1. The van der Waals surface area contributed by atoms with Crippen molar-refractivity contribution < 1.29 is 23.1 Å². The Kier molecular flexibility index (Phi) is 4.81. The normalized spacial score (nSPS) is 11.3. The Hall–Kier alpha value is -3.42. The molecule has 27 heavy (non-hydrogen) atoms. The van der Waals surface area contributed by atoms with Crippen molar-refractivity contribution in [3.05, 3.63) is 71.4 Å². The fourth-order valence-corrected chi connectivity index (χ4v) is 2.35. The van der Waals surface area contributed by atoms with Gasteiger partial charge in [-0.3, -0.25) is 0 Å². The highest BCUT2D eigenvalue weighted by Gasteiger charge is 2.33. The Morgan fingerprint density at radius 3 is 2.19 bits per heavy atom. The summed E-state index contributed by atoms with van der Waals surface area (Å²) in [6, 6.07) is 13.3. The number of anilines is 2. The van der Waals surface area contributed by atoms with Crippen molar-refractivity contribution in [1.29, 1.82) is 0 Å². The van der Waals surface area contributed by atoms with Gasteiger partial charge in [0.1, 0.15) is 0 Å². The molecule has 0 bridgehead atoms. The summed E-state index contributed by atoms with van der Waals surface area (Å²) < 4.78 is 39.7. The van der Waals surface area contributed by atoms with Gasteiger partial charge in [0.05, 0.1) is 11.3 Å². The molecule has 5 nitrogen and oxygen atoms in total. The second kappa shape index (κ2) is 7.06. The van der Waals surface area contributed by atoms with Crippen LogP contribution in [0.25, 0.3) is 11.3 Å². The topological polar surface area (TPSA) is 75.1 Å². The van der Waals surface area contributed by atoms with Gasteiger partial charge >= 0.3 is 12.1 Å². The number of alkyl halides is 3. The molecule has 0 fully saturated rings. The molecule has 1 heterocycles. The lowest BCUT2D eigenvalue weighted by Crippen LogP contribution is -2.11. The van der Waals surface area contributed by atoms with Crippen molar-refractivity contribution in [2.45, 2.75) is 13.1 Å². The van der Waals surface area contributed by atoms with Gasteiger partial charge in [-0.2, -0.15) is 13.2 Å². The first-order valence-electron chi connectivity index (χ1n) is 7.86. The largest absolute Gasteiger partial charge is 0.478 e. The zero-order chi connectivity index (χ0) is 19.6. The molecule has 0 unspecified atom stereocenters. The van der Waals surface area contributed by atoms with Gasteiger partial charge in [0.15, 0.2) is 5.69 Å². The molecule has 138 valence electrons. The minimum atomic E-state index is -4.63. The summed E-state index contributed by atoms with van der Waals surface area (Å²) in [6.07, 6.45) is -4.63. The van der Waals surface area contributed by atoms with E-state index in [9.17, 15) is 18.0 Å². The average Bonchev–Trinajstić information content (AvgIpc) is 2.62. The second-order valence-electron chi connectivity index (χ2n) is 5.83. The van der Waals surface area contributed by atoms with E-state index in [1.54, 1.807) is 24.3 Å². The van der Waals surface area contributed by atoms with Gasteiger partial charge in [0.25, 0.3) is 0 Å². The molecule has 0 radical (unpaired) electrons. The zero-order valence-electron chi connectivity index (χ0n) is 14.1. The Morgan fingerprint density at radius 1 is 1.00 bits per heavy atom. The van der Waals surface area contributed by atoms with Crippen LogP contribution in [0.1, 0.15) is 21.6 Å². The summed E-state index contributed by atoms with van der Waals surface area (Å²) in [5, 5.41) is 11.6. The lowest BCUT2D eigenvalue weighted by Gasteiger charge is -2.12. The summed E-state index contributed by atoms with van der Waals surface area (Å²) in [5.74, 6) is -1.33. The number of aryl methyl sites for hydroxylation is 1. The van der Waals surface area contributed by atoms with E-state index in [1.165, 1.54) is 24.3 Å². The van der Waals surface area contributed by atoms with Crippen LogP contribution >= 0.6 is 0 Å². The van der Waals surface area contributed by atoms with Crippen LogP contribution in [0.15, 0.2) is 54.6 Å². The number of carboxylic acids is 1. The molecule has 0 aliphatic rings. The molecule has 0 saturated carbocycles. The van der Waals surface area contributed by atoms with Crippen LogP contribution in [-0.2, 0) is 6.18 Å². The van der Waals surface area contributed by atoms with E-state index in [0.717, 1.165) is 11.6 Å². The minimum absolute atomic E-state index is 0.0610. The minimum Gasteiger partial charge on any atom is -0.478 e. The predicted molar refractivity (Wildman–Crippen MR) is 93.9 cm³/mol. The fourth-order valence-electron chi connectivity index (χ4n) is 2.35. The molecule has 0 spiro atoms. The SMILES string of the molecule is Cc1ccc(-c2cc(C(F)(F)F)nc(Nc3ccc(C(=O)O)cc3)n2)cc1. The molecule has 3 rings (SSSR count). The quantitative estimate of drug-likeness (QED) is 0.679. The molecule has 2 aromatic carbocycles. The monoisotopic (exact) mass is 373 g/mol. The van der Waals surface area contributed by atoms with Crippen LogP contribution in [0.3, 0.4) is 0 Å². The van der Waals surface area contributed by atoms with Crippen LogP contribution in [-0.4, -0.2) is 21.0 Å². The van der Waals surface area contributed by atoms with Gasteiger partial charge in [0.2, 0.25) is 5.95 Å². The maximum atomic E-state index is 13.2. The van der Waals surface area contributed by atoms with E-state index < -0.39 is 17.8 Å². The summed E-state index contributed by atoms with van der Waals surface area (Å²) in [5.41, 5.74) is 0.984. The fraction of sp³-hybridized carbons (Fsp3) is 0.105. The molecule has 8 heteroatoms. The van der Waals surface area contributed by atoms with Crippen LogP contribution in [0.4, 0.5) is 24.8 Å². The third-order valence-corrected chi connectivity index (χ3v) is 3.75. The average molecular weight is 373 g/mol. The van der Waals surface area contributed by atoms with Gasteiger partial charge in [-0.1, -0.05) is 29.8 Å². The van der Waals surface area contributed by atoms with Gasteiger partial charge in [-0.15, -0.1) is 0 Å². The van der Waals surface area contributed by atoms with Crippen LogP contribution in [0.2, 0.25) is 0 Å². The number of hydrogen-bond acceptors (Lipinski definition) is 4. The van der Waals surface area contributed by atoms with E-state index in [-0.39, 0.29) is 17.2 Å². The van der Waals surface area contributed by atoms with E-state index in [4.69, 9.17) is 5.11 Å². The van der Waals surface area contributed by atoms with Gasteiger partial charge in [-0.25, -0.2) is 14.8 Å².